The van der Waals surface area contributed by atoms with Crippen LogP contribution < -0.4 is 14.8 Å². The molecule has 0 unspecified atom stereocenters. The third kappa shape index (κ3) is 4.70. The molecule has 0 radical (unpaired) electrons. The monoisotopic (exact) mass is 479 g/mol. The fraction of sp³-hybridized carbons (Fsp3) is 0.269. The number of nitrogens with zero attached hydrogens (tertiary/aromatic N) is 1. The maximum atomic E-state index is 12.8. The van der Waals surface area contributed by atoms with Gasteiger partial charge in [-0.2, -0.15) is 0 Å². The van der Waals surface area contributed by atoms with Gasteiger partial charge >= 0.3 is 0 Å². The minimum atomic E-state index is -3.63. The molecule has 1 aromatic carbocycles. The molecule has 8 heteroatoms. The van der Waals surface area contributed by atoms with Crippen LogP contribution in [0.4, 0.5) is 5.69 Å². The molecule has 1 heterocycles. The number of hydrogen-bond donors (Lipinski definition) is 2. The van der Waals surface area contributed by atoms with Crippen LogP contribution in [0.3, 0.4) is 0 Å². The van der Waals surface area contributed by atoms with Gasteiger partial charge in [-0.3, -0.25) is 4.79 Å². The van der Waals surface area contributed by atoms with Crippen molar-refractivity contribution >= 4 is 33.3 Å². The highest BCUT2D eigenvalue weighted by molar-refractivity contribution is 7.89. The van der Waals surface area contributed by atoms with Gasteiger partial charge in [0, 0.05) is 28.9 Å². The molecule has 7 nitrogen and oxygen atoms in total. The number of rotatable bonds is 8. The number of nitrogens with one attached hydrogen (secondary N) is 2. The van der Waals surface area contributed by atoms with Gasteiger partial charge in [-0.15, -0.1) is 0 Å². The van der Waals surface area contributed by atoms with Gasteiger partial charge in [0.15, 0.2) is 0 Å². The van der Waals surface area contributed by atoms with Gasteiger partial charge in [0.25, 0.3) is 5.91 Å². The standard InChI is InChI=1S/C26H29N3O4S/c1-17-14-18(20-8-5-6-9-24(25(17)20)33-13-7-12-29(3)4)15-22-21-16-19(34(31,32)27-2)10-11-23(21)28-26(22)30/h5-6,8-11,14-16,27H,7,12-13H2,1-4H3,(H,28,30)/b22-15-. The number of carbonyl (C=O) groups is 1. The summed E-state index contributed by atoms with van der Waals surface area (Å²) in [4.78, 5) is 15.0. The molecule has 178 valence electrons. The molecule has 4 rings (SSSR count). The van der Waals surface area contributed by atoms with Gasteiger partial charge in [-0.1, -0.05) is 24.3 Å². The average molecular weight is 480 g/mol. The predicted octanol–water partition coefficient (Wildman–Crippen LogP) is 3.83. The number of sulfonamides is 1. The lowest BCUT2D eigenvalue weighted by molar-refractivity contribution is -0.110. The normalized spacial score (nSPS) is 14.6. The van der Waals surface area contributed by atoms with E-state index in [9.17, 15) is 13.2 Å². The summed E-state index contributed by atoms with van der Waals surface area (Å²) in [6, 6.07) is 14.5. The lowest BCUT2D eigenvalue weighted by Gasteiger charge is -2.12. The number of benzene rings is 1. The van der Waals surface area contributed by atoms with Crippen molar-refractivity contribution in [2.45, 2.75) is 18.2 Å². The van der Waals surface area contributed by atoms with Crippen molar-refractivity contribution in [3.63, 3.8) is 0 Å². The van der Waals surface area contributed by atoms with Crippen LogP contribution in [0.5, 0.6) is 5.75 Å². The van der Waals surface area contributed by atoms with E-state index in [0.717, 1.165) is 41.0 Å². The Hall–Kier alpha value is -3.20. The van der Waals surface area contributed by atoms with Crippen LogP contribution in [0, 0.1) is 6.92 Å². The van der Waals surface area contributed by atoms with Crippen molar-refractivity contribution in [1.82, 2.24) is 9.62 Å². The minimum Gasteiger partial charge on any atom is -0.493 e. The molecule has 0 bridgehead atoms. The van der Waals surface area contributed by atoms with Crippen LogP contribution in [0.15, 0.2) is 53.4 Å². The molecule has 0 fully saturated rings. The molecule has 1 amide bonds. The van der Waals surface area contributed by atoms with E-state index in [1.165, 1.54) is 19.2 Å². The number of amides is 1. The van der Waals surface area contributed by atoms with Crippen LogP contribution in [0.1, 0.15) is 23.1 Å². The van der Waals surface area contributed by atoms with Crippen LogP contribution in [-0.4, -0.2) is 53.5 Å². The molecule has 3 aliphatic rings. The maximum absolute atomic E-state index is 12.8. The van der Waals surface area contributed by atoms with Gasteiger partial charge in [0.2, 0.25) is 10.0 Å². The van der Waals surface area contributed by atoms with Crippen molar-refractivity contribution in [3.8, 4) is 16.9 Å². The smallest absolute Gasteiger partial charge is 0.256 e. The molecule has 1 aromatic rings. The highest BCUT2D eigenvalue weighted by Gasteiger charge is 2.27. The third-order valence-electron chi connectivity index (χ3n) is 5.87. The van der Waals surface area contributed by atoms with E-state index in [1.54, 1.807) is 6.07 Å². The first-order valence-corrected chi connectivity index (χ1v) is 12.6. The van der Waals surface area contributed by atoms with Crippen molar-refractivity contribution < 1.29 is 17.9 Å². The Labute approximate surface area is 200 Å². The Kier molecular flexibility index (Phi) is 6.74. The number of carbonyl (C=O) groups excluding carboxylic acids is 1. The van der Waals surface area contributed by atoms with E-state index in [4.69, 9.17) is 4.74 Å². The van der Waals surface area contributed by atoms with E-state index < -0.39 is 10.0 Å². The van der Waals surface area contributed by atoms with E-state index in [0.29, 0.717) is 23.4 Å². The molecule has 34 heavy (non-hydrogen) atoms. The summed E-state index contributed by atoms with van der Waals surface area (Å²) in [7, 11) is 1.81. The Morgan fingerprint density at radius 2 is 1.85 bits per heavy atom. The van der Waals surface area contributed by atoms with Crippen molar-refractivity contribution in [1.29, 1.82) is 0 Å². The Bertz CT molecular complexity index is 1350. The number of ether oxygens (including phenoxy) is 1. The molecule has 1 aliphatic heterocycles. The molecule has 0 atom stereocenters. The second-order valence-corrected chi connectivity index (χ2v) is 10.5. The van der Waals surface area contributed by atoms with Gasteiger partial charge in [-0.25, -0.2) is 13.1 Å². The topological polar surface area (TPSA) is 87.7 Å². The minimum absolute atomic E-state index is 0.111. The summed E-state index contributed by atoms with van der Waals surface area (Å²) in [6.07, 6.45) is 2.74. The fourth-order valence-corrected chi connectivity index (χ4v) is 4.93. The summed E-state index contributed by atoms with van der Waals surface area (Å²) in [5.41, 5.74) is 5.48. The zero-order valence-electron chi connectivity index (χ0n) is 19.8. The summed E-state index contributed by atoms with van der Waals surface area (Å²) < 4.78 is 33.0. The second-order valence-electron chi connectivity index (χ2n) is 8.59. The number of aryl methyl sites for hydroxylation is 1. The average Bonchev–Trinajstić information content (AvgIpc) is 3.17. The first kappa shape index (κ1) is 23.9. The first-order chi connectivity index (χ1) is 16.2. The molecule has 0 saturated heterocycles. The Balaban J connectivity index is 1.73. The van der Waals surface area contributed by atoms with Crippen molar-refractivity contribution in [3.05, 3.63) is 65.2 Å². The van der Waals surface area contributed by atoms with Crippen molar-refractivity contribution in [2.75, 3.05) is 39.6 Å². The van der Waals surface area contributed by atoms with Gasteiger partial charge in [-0.05, 0) is 81.5 Å². The lowest BCUT2D eigenvalue weighted by Crippen LogP contribution is -2.18. The van der Waals surface area contributed by atoms with E-state index >= 15 is 0 Å². The molecular formula is C26H29N3O4S. The highest BCUT2D eigenvalue weighted by Crippen LogP contribution is 2.42. The largest absolute Gasteiger partial charge is 0.493 e. The predicted molar refractivity (Wildman–Crippen MR) is 136 cm³/mol. The van der Waals surface area contributed by atoms with Crippen LogP contribution >= 0.6 is 0 Å². The van der Waals surface area contributed by atoms with E-state index in [2.05, 4.69) is 14.9 Å². The molecule has 2 N–H and O–H groups in total. The Morgan fingerprint density at radius 3 is 2.59 bits per heavy atom. The van der Waals surface area contributed by atoms with Crippen molar-refractivity contribution in [2.24, 2.45) is 0 Å². The summed E-state index contributed by atoms with van der Waals surface area (Å²) in [5, 5.41) is 2.83. The van der Waals surface area contributed by atoms with Crippen LogP contribution in [-0.2, 0) is 14.8 Å². The number of anilines is 1. The zero-order chi connectivity index (χ0) is 24.5. The van der Waals surface area contributed by atoms with Gasteiger partial charge < -0.3 is 15.0 Å². The van der Waals surface area contributed by atoms with Crippen LogP contribution in [0.25, 0.3) is 22.8 Å². The molecule has 0 saturated carbocycles. The first-order valence-electron chi connectivity index (χ1n) is 11.1. The summed E-state index contributed by atoms with van der Waals surface area (Å²) in [6.45, 7) is 3.58. The highest BCUT2D eigenvalue weighted by atomic mass is 32.2. The third-order valence-corrected chi connectivity index (χ3v) is 7.29. The summed E-state index contributed by atoms with van der Waals surface area (Å²) in [5.74, 6) is 0.543. The van der Waals surface area contributed by atoms with E-state index in [1.807, 2.05) is 57.4 Å². The SMILES string of the molecule is CNS(=O)(=O)c1ccc2c(c1)/C(=C/c1cc(C)c3c(OCCCN(C)C)ccccc1-3)C(=O)N2. The fourth-order valence-electron chi connectivity index (χ4n) is 4.18. The van der Waals surface area contributed by atoms with E-state index in [-0.39, 0.29) is 10.8 Å². The molecule has 2 aliphatic carbocycles. The number of hydrogen-bond acceptors (Lipinski definition) is 5. The van der Waals surface area contributed by atoms with Gasteiger partial charge in [0.1, 0.15) is 5.75 Å². The Morgan fingerprint density at radius 1 is 1.09 bits per heavy atom. The maximum Gasteiger partial charge on any atom is 0.256 e. The molecular weight excluding hydrogens is 450 g/mol. The molecule has 0 spiro atoms. The zero-order valence-corrected chi connectivity index (χ0v) is 20.6. The summed E-state index contributed by atoms with van der Waals surface area (Å²) >= 11 is 0. The van der Waals surface area contributed by atoms with Gasteiger partial charge in [0.05, 0.1) is 11.5 Å². The second kappa shape index (κ2) is 9.58. The van der Waals surface area contributed by atoms with Crippen LogP contribution in [0.2, 0.25) is 0 Å². The number of fused-ring (bicyclic) bond motifs is 2. The molecule has 0 aromatic heterocycles. The quantitative estimate of drug-likeness (QED) is 0.379. The lowest BCUT2D eigenvalue weighted by atomic mass is 10.0.